The monoisotopic (exact) mass is 263 g/mol. The van der Waals surface area contributed by atoms with E-state index in [0.29, 0.717) is 11.6 Å². The Morgan fingerprint density at radius 3 is 2.44 bits per heavy atom. The molecule has 2 nitrogen and oxygen atoms in total. The maximum atomic E-state index is 13.1. The first kappa shape index (κ1) is 12.4. The Morgan fingerprint density at radius 1 is 1.28 bits per heavy atom. The van der Waals surface area contributed by atoms with Gasteiger partial charge in [-0.1, -0.05) is 0 Å². The van der Waals surface area contributed by atoms with Crippen molar-refractivity contribution in [2.24, 2.45) is 0 Å². The highest BCUT2D eigenvalue weighted by atomic mass is 32.1. The van der Waals surface area contributed by atoms with Crippen LogP contribution in [0.25, 0.3) is 0 Å². The quantitative estimate of drug-likeness (QED) is 0.795. The molecule has 5 heteroatoms. The van der Waals surface area contributed by atoms with Crippen LogP contribution in [0.15, 0.2) is 35.0 Å². The van der Waals surface area contributed by atoms with Crippen molar-refractivity contribution >= 4 is 17.1 Å². The van der Waals surface area contributed by atoms with Gasteiger partial charge in [-0.15, -0.1) is 0 Å². The molecule has 1 atom stereocenters. The zero-order valence-corrected chi connectivity index (χ0v) is 9.88. The first-order chi connectivity index (χ1) is 8.61. The molecule has 0 fully saturated rings. The lowest BCUT2D eigenvalue weighted by Crippen LogP contribution is -2.11. The molecule has 1 unspecified atom stereocenters. The summed E-state index contributed by atoms with van der Waals surface area (Å²) in [5.74, 6) is -3.25. The van der Waals surface area contributed by atoms with Crippen LogP contribution in [-0.2, 0) is 0 Å². The Kier molecular flexibility index (Phi) is 3.49. The summed E-state index contributed by atoms with van der Waals surface area (Å²) in [7, 11) is 0. The normalized spacial score (nSPS) is 11.8. The molecule has 0 aliphatic rings. The number of hydrogen-bond acceptors (Lipinski definition) is 3. The van der Waals surface area contributed by atoms with Gasteiger partial charge in [-0.2, -0.15) is 16.6 Å². The lowest BCUT2D eigenvalue weighted by Gasteiger charge is -2.07. The minimum Gasteiger partial charge on any atom is -0.292 e. The molecule has 90 valence electrons. The first-order valence-corrected chi connectivity index (χ1v) is 5.98. The highest BCUT2D eigenvalue weighted by molar-refractivity contribution is 7.08. The lowest BCUT2D eigenvalue weighted by atomic mass is 9.93. The highest BCUT2D eigenvalue weighted by Gasteiger charge is 2.23. The van der Waals surface area contributed by atoms with Gasteiger partial charge in [0.05, 0.1) is 6.07 Å². The average Bonchev–Trinajstić information content (AvgIpc) is 2.81. The molecule has 0 bridgehead atoms. The summed E-state index contributed by atoms with van der Waals surface area (Å²) in [6.07, 6.45) is 0. The summed E-state index contributed by atoms with van der Waals surface area (Å²) >= 11 is 1.32. The van der Waals surface area contributed by atoms with Crippen molar-refractivity contribution in [3.63, 3.8) is 0 Å². The van der Waals surface area contributed by atoms with Crippen LogP contribution < -0.4 is 0 Å². The molecule has 0 saturated heterocycles. The summed E-state index contributed by atoms with van der Waals surface area (Å²) in [6, 6.07) is 6.06. The summed E-state index contributed by atoms with van der Waals surface area (Å²) in [6.45, 7) is 0. The molecule has 0 saturated carbocycles. The van der Waals surface area contributed by atoms with Gasteiger partial charge in [0.15, 0.2) is 5.78 Å². The van der Waals surface area contributed by atoms with Crippen molar-refractivity contribution in [1.82, 2.24) is 0 Å². The smallest absolute Gasteiger partial charge is 0.185 e. The number of Topliss-reactive ketones (excluding diaryl/α,β-unsaturated/α-hetero) is 1. The van der Waals surface area contributed by atoms with E-state index in [1.54, 1.807) is 22.9 Å². The molecule has 0 amide bonds. The molecule has 0 aliphatic carbocycles. The number of hydrogen-bond donors (Lipinski definition) is 0. The second-order valence-electron chi connectivity index (χ2n) is 3.64. The predicted molar refractivity (Wildman–Crippen MR) is 63.4 cm³/mol. The number of carbonyl (C=O) groups excluding carboxylic acids is 1. The molecule has 0 radical (unpaired) electrons. The Balaban J connectivity index is 2.40. The largest absolute Gasteiger partial charge is 0.292 e. The number of thiophene rings is 1. The molecule has 18 heavy (non-hydrogen) atoms. The molecule has 0 N–H and O–H groups in total. The van der Waals surface area contributed by atoms with Crippen molar-refractivity contribution in [3.8, 4) is 6.07 Å². The van der Waals surface area contributed by atoms with Crippen LogP contribution in [0.1, 0.15) is 21.8 Å². The van der Waals surface area contributed by atoms with Crippen LogP contribution in [0.4, 0.5) is 8.78 Å². The Labute approximate surface area is 106 Å². The Bertz CT molecular complexity index is 596. The number of nitriles is 1. The minimum atomic E-state index is -1.19. The van der Waals surface area contributed by atoms with Gasteiger partial charge in [-0.3, -0.25) is 4.79 Å². The number of rotatable bonds is 3. The SMILES string of the molecule is N#CC(C(=O)c1ccsc1)c1cc(F)cc(F)c1. The minimum absolute atomic E-state index is 0.0335. The van der Waals surface area contributed by atoms with Crippen LogP contribution in [0.2, 0.25) is 0 Å². The third-order valence-electron chi connectivity index (χ3n) is 2.42. The van der Waals surface area contributed by atoms with Gasteiger partial charge in [0.2, 0.25) is 0 Å². The van der Waals surface area contributed by atoms with Crippen molar-refractivity contribution < 1.29 is 13.6 Å². The number of benzene rings is 1. The lowest BCUT2D eigenvalue weighted by molar-refractivity contribution is 0.0979. The van der Waals surface area contributed by atoms with Gasteiger partial charge in [0.1, 0.15) is 17.6 Å². The van der Waals surface area contributed by atoms with Crippen LogP contribution >= 0.6 is 11.3 Å². The number of nitrogens with zero attached hydrogens (tertiary/aromatic N) is 1. The molecule has 1 aromatic carbocycles. The van der Waals surface area contributed by atoms with E-state index in [0.717, 1.165) is 12.1 Å². The third kappa shape index (κ3) is 2.44. The standard InChI is InChI=1S/C13H7F2NOS/c14-10-3-9(4-11(15)5-10)12(6-16)13(17)8-1-2-18-7-8/h1-5,7,12H. The molecule has 1 heterocycles. The number of halogens is 2. The van der Waals surface area contributed by atoms with Crippen LogP contribution in [-0.4, -0.2) is 5.78 Å². The van der Waals surface area contributed by atoms with Gasteiger partial charge < -0.3 is 0 Å². The van der Waals surface area contributed by atoms with Crippen molar-refractivity contribution in [1.29, 1.82) is 5.26 Å². The fraction of sp³-hybridized carbons (Fsp3) is 0.0769. The van der Waals surface area contributed by atoms with Gasteiger partial charge in [0.25, 0.3) is 0 Å². The van der Waals surface area contributed by atoms with E-state index in [9.17, 15) is 13.6 Å². The van der Waals surface area contributed by atoms with Crippen molar-refractivity contribution in [3.05, 3.63) is 57.8 Å². The fourth-order valence-electron chi connectivity index (χ4n) is 1.60. The van der Waals surface area contributed by atoms with E-state index in [1.807, 2.05) is 0 Å². The molecule has 2 rings (SSSR count). The molecule has 0 spiro atoms. The maximum absolute atomic E-state index is 13.1. The Morgan fingerprint density at radius 2 is 1.94 bits per heavy atom. The summed E-state index contributed by atoms with van der Waals surface area (Å²) in [5, 5.41) is 12.3. The third-order valence-corrected chi connectivity index (χ3v) is 3.10. The number of ketones is 1. The second-order valence-corrected chi connectivity index (χ2v) is 4.42. The topological polar surface area (TPSA) is 40.9 Å². The van der Waals surface area contributed by atoms with Gasteiger partial charge in [-0.05, 0) is 29.1 Å². The molecular weight excluding hydrogens is 256 g/mol. The van der Waals surface area contributed by atoms with Crippen LogP contribution in [0.5, 0.6) is 0 Å². The first-order valence-electron chi connectivity index (χ1n) is 5.04. The Hall–Kier alpha value is -2.06. The van der Waals surface area contributed by atoms with E-state index in [2.05, 4.69) is 0 Å². The van der Waals surface area contributed by atoms with Crippen molar-refractivity contribution in [2.75, 3.05) is 0 Å². The summed E-state index contributed by atoms with van der Waals surface area (Å²) in [5.41, 5.74) is 0.405. The summed E-state index contributed by atoms with van der Waals surface area (Å²) in [4.78, 5) is 12.0. The molecule has 2 aromatic rings. The second kappa shape index (κ2) is 5.07. The van der Waals surface area contributed by atoms with Gasteiger partial charge in [0, 0.05) is 17.0 Å². The maximum Gasteiger partial charge on any atom is 0.185 e. The van der Waals surface area contributed by atoms with E-state index in [-0.39, 0.29) is 5.56 Å². The summed E-state index contributed by atoms with van der Waals surface area (Å²) < 4.78 is 26.1. The predicted octanol–water partition coefficient (Wildman–Crippen LogP) is 3.52. The molecule has 1 aromatic heterocycles. The van der Waals surface area contributed by atoms with Crippen molar-refractivity contribution in [2.45, 2.75) is 5.92 Å². The van der Waals surface area contributed by atoms with Crippen LogP contribution in [0.3, 0.4) is 0 Å². The number of carbonyl (C=O) groups is 1. The van der Waals surface area contributed by atoms with Crippen LogP contribution in [0, 0.1) is 23.0 Å². The molecule has 0 aliphatic heterocycles. The van der Waals surface area contributed by atoms with E-state index >= 15 is 0 Å². The molecular formula is C13H7F2NOS. The van der Waals surface area contributed by atoms with Gasteiger partial charge in [-0.25, -0.2) is 8.78 Å². The average molecular weight is 263 g/mol. The van der Waals surface area contributed by atoms with Gasteiger partial charge >= 0.3 is 0 Å². The van der Waals surface area contributed by atoms with E-state index < -0.39 is 23.3 Å². The highest BCUT2D eigenvalue weighted by Crippen LogP contribution is 2.23. The zero-order valence-electron chi connectivity index (χ0n) is 9.06. The zero-order chi connectivity index (χ0) is 13.1. The van der Waals surface area contributed by atoms with E-state index in [4.69, 9.17) is 5.26 Å². The van der Waals surface area contributed by atoms with E-state index in [1.165, 1.54) is 11.3 Å². The fourth-order valence-corrected chi connectivity index (χ4v) is 2.24.